The van der Waals surface area contributed by atoms with Gasteiger partial charge in [-0.25, -0.2) is 8.42 Å². The van der Waals surface area contributed by atoms with Crippen LogP contribution in [0.5, 0.6) is 0 Å². The molecule has 2 aromatic rings. The maximum Gasteiger partial charge on any atom is 0.245 e. The van der Waals surface area contributed by atoms with Crippen LogP contribution < -0.4 is 0 Å². The second-order valence-electron chi connectivity index (χ2n) is 6.39. The summed E-state index contributed by atoms with van der Waals surface area (Å²) >= 11 is 0. The standard InChI is InChI=1S/C17H22N2O3S/c1-12-8-15-4-3-5-16(17(15)18-9-12)23(21,22)19-10-14(11-20)7-6-13(19)2/h3-5,8-9,13-14,20H,6-7,10-11H2,1-2H3. The SMILES string of the molecule is Cc1cnc2c(S(=O)(=O)N3CC(CO)CCC3C)cccc2c1. The Hall–Kier alpha value is -1.50. The fourth-order valence-electron chi connectivity index (χ4n) is 3.21. The number of nitrogens with zero attached hydrogens (tertiary/aromatic N) is 2. The fraction of sp³-hybridized carbons (Fsp3) is 0.471. The van der Waals surface area contributed by atoms with E-state index in [1.165, 1.54) is 4.31 Å². The van der Waals surface area contributed by atoms with Crippen LogP contribution in [0.25, 0.3) is 10.9 Å². The molecule has 2 heterocycles. The molecule has 2 unspecified atom stereocenters. The average Bonchev–Trinajstić information content (AvgIpc) is 2.54. The third kappa shape index (κ3) is 2.98. The third-order valence-corrected chi connectivity index (χ3v) is 6.59. The minimum absolute atomic E-state index is 0.00570. The maximum atomic E-state index is 13.2. The van der Waals surface area contributed by atoms with Crippen molar-refractivity contribution in [3.8, 4) is 0 Å². The first-order valence-electron chi connectivity index (χ1n) is 7.91. The molecule has 1 saturated heterocycles. The van der Waals surface area contributed by atoms with Gasteiger partial charge in [-0.3, -0.25) is 4.98 Å². The lowest BCUT2D eigenvalue weighted by Crippen LogP contribution is -2.46. The molecule has 1 fully saturated rings. The summed E-state index contributed by atoms with van der Waals surface area (Å²) in [6.07, 6.45) is 3.32. The van der Waals surface area contributed by atoms with Crippen molar-refractivity contribution in [2.24, 2.45) is 5.92 Å². The van der Waals surface area contributed by atoms with Crippen LogP contribution in [0.15, 0.2) is 35.4 Å². The number of benzene rings is 1. The van der Waals surface area contributed by atoms with E-state index < -0.39 is 10.0 Å². The quantitative estimate of drug-likeness (QED) is 0.935. The molecule has 124 valence electrons. The Morgan fingerprint density at radius 1 is 1.35 bits per heavy atom. The lowest BCUT2D eigenvalue weighted by Gasteiger charge is -2.36. The van der Waals surface area contributed by atoms with E-state index in [4.69, 9.17) is 0 Å². The van der Waals surface area contributed by atoms with Gasteiger partial charge in [-0.15, -0.1) is 0 Å². The molecule has 0 bridgehead atoms. The first kappa shape index (κ1) is 16.4. The molecule has 0 saturated carbocycles. The van der Waals surface area contributed by atoms with Crippen LogP contribution in [0, 0.1) is 12.8 Å². The number of para-hydroxylation sites is 1. The minimum atomic E-state index is -3.63. The van der Waals surface area contributed by atoms with E-state index in [2.05, 4.69) is 4.98 Å². The van der Waals surface area contributed by atoms with Gasteiger partial charge in [0.25, 0.3) is 0 Å². The summed E-state index contributed by atoms with van der Waals surface area (Å²) in [5, 5.41) is 10.2. The highest BCUT2D eigenvalue weighted by atomic mass is 32.2. The molecule has 0 aliphatic carbocycles. The lowest BCUT2D eigenvalue weighted by molar-refractivity contribution is 0.139. The zero-order valence-corrected chi connectivity index (χ0v) is 14.3. The Morgan fingerprint density at radius 2 is 2.13 bits per heavy atom. The molecule has 1 aliphatic heterocycles. The maximum absolute atomic E-state index is 13.2. The van der Waals surface area contributed by atoms with Crippen molar-refractivity contribution in [3.63, 3.8) is 0 Å². The second-order valence-corrected chi connectivity index (χ2v) is 8.25. The van der Waals surface area contributed by atoms with Crippen molar-refractivity contribution >= 4 is 20.9 Å². The van der Waals surface area contributed by atoms with Crippen molar-refractivity contribution in [1.29, 1.82) is 0 Å². The fourth-order valence-corrected chi connectivity index (χ4v) is 5.11. The van der Waals surface area contributed by atoms with Crippen molar-refractivity contribution in [1.82, 2.24) is 9.29 Å². The van der Waals surface area contributed by atoms with E-state index in [0.29, 0.717) is 12.1 Å². The topological polar surface area (TPSA) is 70.5 Å². The molecule has 1 aromatic heterocycles. The minimum Gasteiger partial charge on any atom is -0.396 e. The third-order valence-electron chi connectivity index (χ3n) is 4.58. The van der Waals surface area contributed by atoms with E-state index >= 15 is 0 Å². The van der Waals surface area contributed by atoms with Gasteiger partial charge in [0.1, 0.15) is 4.90 Å². The highest BCUT2D eigenvalue weighted by Gasteiger charge is 2.35. The van der Waals surface area contributed by atoms with Gasteiger partial charge in [0.05, 0.1) is 5.52 Å². The Balaban J connectivity index is 2.09. The van der Waals surface area contributed by atoms with Gasteiger partial charge in [0.2, 0.25) is 10.0 Å². The second kappa shape index (κ2) is 6.19. The van der Waals surface area contributed by atoms with Gasteiger partial charge in [0.15, 0.2) is 0 Å². The highest BCUT2D eigenvalue weighted by Crippen LogP contribution is 2.30. The number of aromatic nitrogens is 1. The molecule has 2 atom stereocenters. The van der Waals surface area contributed by atoms with Gasteiger partial charge >= 0.3 is 0 Å². The molecule has 23 heavy (non-hydrogen) atoms. The van der Waals surface area contributed by atoms with E-state index in [0.717, 1.165) is 23.8 Å². The summed E-state index contributed by atoms with van der Waals surface area (Å²) in [4.78, 5) is 4.60. The van der Waals surface area contributed by atoms with Crippen LogP contribution in [0.4, 0.5) is 0 Å². The number of aryl methyl sites for hydroxylation is 1. The normalized spacial score (nSPS) is 23.3. The van der Waals surface area contributed by atoms with E-state index in [1.807, 2.05) is 26.0 Å². The Labute approximate surface area is 137 Å². The summed E-state index contributed by atoms with van der Waals surface area (Å²) in [7, 11) is -3.63. The average molecular weight is 334 g/mol. The van der Waals surface area contributed by atoms with Crippen molar-refractivity contribution in [2.75, 3.05) is 13.2 Å². The Morgan fingerprint density at radius 3 is 2.87 bits per heavy atom. The molecule has 0 amide bonds. The van der Waals surface area contributed by atoms with Crippen LogP contribution in [-0.2, 0) is 10.0 Å². The number of hydrogen-bond acceptors (Lipinski definition) is 4. The Bertz CT molecular complexity index is 820. The number of sulfonamides is 1. The highest BCUT2D eigenvalue weighted by molar-refractivity contribution is 7.89. The van der Waals surface area contributed by atoms with Gasteiger partial charge in [-0.2, -0.15) is 4.31 Å². The van der Waals surface area contributed by atoms with Gasteiger partial charge in [0, 0.05) is 30.8 Å². The van der Waals surface area contributed by atoms with Crippen molar-refractivity contribution < 1.29 is 13.5 Å². The number of hydrogen-bond donors (Lipinski definition) is 1. The molecule has 1 N–H and O–H groups in total. The number of pyridine rings is 1. The van der Waals surface area contributed by atoms with Gasteiger partial charge in [-0.05, 0) is 50.3 Å². The number of rotatable bonds is 3. The number of fused-ring (bicyclic) bond motifs is 1. The number of aliphatic hydroxyl groups excluding tert-OH is 1. The largest absolute Gasteiger partial charge is 0.396 e. The predicted molar refractivity (Wildman–Crippen MR) is 89.6 cm³/mol. The van der Waals surface area contributed by atoms with E-state index in [9.17, 15) is 13.5 Å². The number of piperidine rings is 1. The first-order chi connectivity index (χ1) is 10.9. The van der Waals surface area contributed by atoms with E-state index in [-0.39, 0.29) is 23.5 Å². The summed E-state index contributed by atoms with van der Waals surface area (Å²) < 4.78 is 27.8. The van der Waals surface area contributed by atoms with Crippen molar-refractivity contribution in [2.45, 2.75) is 37.6 Å². The zero-order valence-electron chi connectivity index (χ0n) is 13.4. The van der Waals surface area contributed by atoms with E-state index in [1.54, 1.807) is 18.3 Å². The predicted octanol–water partition coefficient (Wildman–Crippen LogP) is 2.32. The van der Waals surface area contributed by atoms with Crippen LogP contribution in [0.2, 0.25) is 0 Å². The van der Waals surface area contributed by atoms with Crippen LogP contribution in [-0.4, -0.2) is 42.0 Å². The van der Waals surface area contributed by atoms with Crippen LogP contribution in [0.1, 0.15) is 25.3 Å². The van der Waals surface area contributed by atoms with Gasteiger partial charge in [-0.1, -0.05) is 12.1 Å². The molecule has 0 radical (unpaired) electrons. The van der Waals surface area contributed by atoms with Gasteiger partial charge < -0.3 is 5.11 Å². The van der Waals surface area contributed by atoms with Crippen LogP contribution >= 0.6 is 0 Å². The molecule has 5 nitrogen and oxygen atoms in total. The monoisotopic (exact) mass is 334 g/mol. The summed E-state index contributed by atoms with van der Waals surface area (Å²) in [5.74, 6) is 0.00570. The molecular formula is C17H22N2O3S. The van der Waals surface area contributed by atoms with Crippen molar-refractivity contribution in [3.05, 3.63) is 36.0 Å². The lowest BCUT2D eigenvalue weighted by atomic mass is 9.96. The summed E-state index contributed by atoms with van der Waals surface area (Å²) in [5.41, 5.74) is 1.51. The number of aliphatic hydroxyl groups is 1. The summed E-state index contributed by atoms with van der Waals surface area (Å²) in [6, 6.07) is 7.13. The molecule has 6 heteroatoms. The first-order valence-corrected chi connectivity index (χ1v) is 9.35. The molecule has 1 aromatic carbocycles. The molecule has 1 aliphatic rings. The smallest absolute Gasteiger partial charge is 0.245 e. The molecule has 0 spiro atoms. The molecular weight excluding hydrogens is 312 g/mol. The summed E-state index contributed by atoms with van der Waals surface area (Å²) in [6.45, 7) is 4.24. The van der Waals surface area contributed by atoms with Crippen LogP contribution in [0.3, 0.4) is 0 Å². The Kier molecular flexibility index (Phi) is 4.40. The zero-order chi connectivity index (χ0) is 16.6. The molecule has 3 rings (SSSR count).